The molecule has 0 bridgehead atoms. The molecule has 1 aliphatic carbocycles. The molecular weight excluding hydrogens is 1610 g/mol. The monoisotopic (exact) mass is 1700 g/mol. The van der Waals surface area contributed by atoms with Crippen LogP contribution in [0.3, 0.4) is 0 Å². The molecule has 1 aliphatic heterocycles. The van der Waals surface area contributed by atoms with Gasteiger partial charge in [0.05, 0.1) is 51.3 Å². The fourth-order valence-electron chi connectivity index (χ4n) is 13.0. The Labute approximate surface area is 701 Å². The van der Waals surface area contributed by atoms with Crippen molar-refractivity contribution in [1.82, 2.24) is 19.5 Å². The number of aromatic hydroxyl groups is 4. The summed E-state index contributed by atoms with van der Waals surface area (Å²) in [5.41, 5.74) is 10.7. The number of esters is 1. The van der Waals surface area contributed by atoms with Gasteiger partial charge < -0.3 is 59.6 Å². The molecule has 0 spiro atoms. The van der Waals surface area contributed by atoms with E-state index in [4.69, 9.17) is 123 Å². The number of halogens is 8. The number of amides is 3. The number of phenols is 4. The second kappa shape index (κ2) is 41.7. The van der Waals surface area contributed by atoms with E-state index < -0.39 is 24.3 Å². The molecule has 4 atom stereocenters. The number of H-pyrrole nitrogens is 1. The first-order valence-corrected chi connectivity index (χ1v) is 40.1. The van der Waals surface area contributed by atoms with Crippen LogP contribution in [0.5, 0.6) is 40.4 Å². The van der Waals surface area contributed by atoms with Crippen LogP contribution in [0, 0.1) is 79.7 Å². The zero-order valence-electron chi connectivity index (χ0n) is 66.1. The maximum Gasteiger partial charge on any atom is 0.415 e. The maximum atomic E-state index is 13.7. The quantitative estimate of drug-likeness (QED) is 0.0254. The van der Waals surface area contributed by atoms with E-state index in [1.54, 1.807) is 32.9 Å². The molecule has 7 aromatic carbocycles. The lowest BCUT2D eigenvalue weighted by Gasteiger charge is -2.37. The lowest BCUT2D eigenvalue weighted by atomic mass is 9.75. The first-order chi connectivity index (χ1) is 53.4. The van der Waals surface area contributed by atoms with Crippen molar-refractivity contribution in [2.45, 2.75) is 174 Å². The second-order valence-electron chi connectivity index (χ2n) is 28.1. The average molecular weight is 1710 g/mol. The standard InChI is InChI=1S/C28H33N5O5.C20H23Cl2NO3.C19H21Cl2NO3.2C9H10Cl2O/c1-16-6-8-20(9-7-16)24-30-25-21(27(34)37-23-18(3)14-17(2)15-19(23)4)22(29-5)26(33(25)31-24)38-28(35)32-10-12-36-13-11-32;1-5-13-14(21)10-15(19(24)18(13)22)23-20(25)16(6-2)26-17-8-7-11(3)9-12(17)4;1-5-15(25-16-7-6-10(2)8-11(16)3)19(24)22-14-9-13(20)12(4)17(21)18(14)23;2*1-3-6-7(10)4-5(2)9(12)8(6)11/h6-9,17-19,23H,10-15H2,1-4H3,(H,30,31);7-10,16,24H,5-6H2,1-4H3,(H,23,25);6-9,15,23H,5H2,1-4H3,(H,22,24);2*4,12H,3H2,1-2H3. The molecule has 4 unspecified atom stereocenters. The lowest BCUT2D eigenvalue weighted by Crippen LogP contribution is -2.42. The van der Waals surface area contributed by atoms with Crippen LogP contribution < -0.4 is 24.8 Å². The van der Waals surface area contributed by atoms with E-state index >= 15 is 0 Å². The first kappa shape index (κ1) is 91.7. The van der Waals surface area contributed by atoms with Crippen LogP contribution in [-0.4, -0.2) is 108 Å². The van der Waals surface area contributed by atoms with Crippen LogP contribution >= 0.6 is 92.8 Å². The molecule has 1 saturated carbocycles. The van der Waals surface area contributed by atoms with Crippen molar-refractivity contribution in [2.75, 3.05) is 36.9 Å². The van der Waals surface area contributed by atoms with Gasteiger partial charge in [0, 0.05) is 38.7 Å². The normalized spacial score (nSPS) is 15.5. The number of benzene rings is 7. The number of aromatic amines is 1. The van der Waals surface area contributed by atoms with E-state index in [0.29, 0.717) is 121 Å². The maximum absolute atomic E-state index is 13.7. The number of hydrogen-bond acceptors (Lipinski definition) is 14. The smallest absolute Gasteiger partial charge is 0.415 e. The Morgan fingerprint density at radius 1 is 0.575 bits per heavy atom. The molecule has 3 amide bonds. The number of anilines is 2. The third kappa shape index (κ3) is 23.0. The van der Waals surface area contributed by atoms with Crippen molar-refractivity contribution < 1.29 is 63.3 Å². The van der Waals surface area contributed by atoms with E-state index in [1.807, 2.05) is 130 Å². The Morgan fingerprint density at radius 3 is 1.43 bits per heavy atom. The molecule has 1 saturated heterocycles. The number of carbonyl (C=O) groups is 4. The molecule has 9 aromatic rings. The van der Waals surface area contributed by atoms with Crippen LogP contribution in [0.15, 0.2) is 84.9 Å². The van der Waals surface area contributed by atoms with Gasteiger partial charge in [0.15, 0.2) is 35.2 Å². The number of nitrogens with one attached hydrogen (secondary N) is 3. The zero-order valence-corrected chi connectivity index (χ0v) is 72.1. The van der Waals surface area contributed by atoms with Gasteiger partial charge in [0.2, 0.25) is 5.88 Å². The minimum absolute atomic E-state index is 0.00240. The molecule has 3 heterocycles. The summed E-state index contributed by atoms with van der Waals surface area (Å²) in [6, 6.07) is 25.7. The Hall–Kier alpha value is -8.46. The van der Waals surface area contributed by atoms with Crippen LogP contribution in [0.1, 0.15) is 153 Å². The van der Waals surface area contributed by atoms with Crippen molar-refractivity contribution in [1.29, 1.82) is 0 Å². The molecule has 606 valence electrons. The highest BCUT2D eigenvalue weighted by Gasteiger charge is 2.38. The van der Waals surface area contributed by atoms with E-state index in [9.17, 15) is 39.6 Å². The van der Waals surface area contributed by atoms with Gasteiger partial charge in [-0.2, -0.15) is 0 Å². The van der Waals surface area contributed by atoms with E-state index in [2.05, 4.69) is 46.3 Å². The highest BCUT2D eigenvalue weighted by Crippen LogP contribution is 2.45. The summed E-state index contributed by atoms with van der Waals surface area (Å²) >= 11 is 48.0. The van der Waals surface area contributed by atoms with Crippen molar-refractivity contribution in [2.24, 2.45) is 17.8 Å². The van der Waals surface area contributed by atoms with E-state index in [-0.39, 0.29) is 97.0 Å². The molecule has 2 fully saturated rings. The molecule has 7 N–H and O–H groups in total. The molecule has 28 heteroatoms. The topological polar surface area (TPSA) is 260 Å². The summed E-state index contributed by atoms with van der Waals surface area (Å²) in [6.07, 6.45) is 2.58. The van der Waals surface area contributed by atoms with Gasteiger partial charge in [-0.1, -0.05) is 213 Å². The number of rotatable bonds is 17. The molecular formula is C85H97Cl8N7O13. The van der Waals surface area contributed by atoms with Crippen LogP contribution in [0.2, 0.25) is 40.2 Å². The number of carbonyl (C=O) groups excluding carboxylic acids is 4. The third-order valence-corrected chi connectivity index (χ3v) is 22.4. The third-order valence-electron chi connectivity index (χ3n) is 19.3. The molecule has 2 aliphatic rings. The summed E-state index contributed by atoms with van der Waals surface area (Å²) in [7, 11) is 0. The summed E-state index contributed by atoms with van der Waals surface area (Å²) < 4.78 is 30.2. The van der Waals surface area contributed by atoms with Gasteiger partial charge in [-0.25, -0.2) is 23.9 Å². The number of nitrogens with zero attached hydrogens (tertiary/aromatic N) is 4. The molecule has 2 aromatic heterocycles. The van der Waals surface area contributed by atoms with E-state index in [1.165, 1.54) is 21.5 Å². The fourth-order valence-corrected chi connectivity index (χ4v) is 15.8. The van der Waals surface area contributed by atoms with Gasteiger partial charge in [-0.05, 0) is 199 Å². The summed E-state index contributed by atoms with van der Waals surface area (Å²) in [4.78, 5) is 61.6. The first-order valence-electron chi connectivity index (χ1n) is 37.1. The summed E-state index contributed by atoms with van der Waals surface area (Å²) in [5.74, 6) is 1.11. The van der Waals surface area contributed by atoms with Crippen LogP contribution in [-0.2, 0) is 38.3 Å². The Bertz CT molecular complexity index is 4880. The van der Waals surface area contributed by atoms with Crippen molar-refractivity contribution in [3.63, 3.8) is 0 Å². The second-order valence-corrected chi connectivity index (χ2v) is 31.2. The SMILES string of the molecule is CCC(Oc1ccc(C)cc1C)C(=O)Nc1cc(Cl)c(C)c(Cl)c1O.CCc1c(Cl)cc(C)c(O)c1Cl.CCc1c(Cl)cc(C)c(O)c1Cl.CCc1c(Cl)cc(NC(=O)C(CC)Oc2ccc(C)cc2C)c(O)c1Cl.[C-]#[N+]c1c(C(=O)OC2C(C)CC(C)CC2C)c2nc(-c3ccc(C)cc3)[nH]n2c1OC(=O)N1CCOCC1. The number of aromatic nitrogens is 3. The predicted molar refractivity (Wildman–Crippen MR) is 454 cm³/mol. The van der Waals surface area contributed by atoms with Gasteiger partial charge in [0.25, 0.3) is 17.5 Å². The number of hydrogen-bond donors (Lipinski definition) is 7. The van der Waals surface area contributed by atoms with Gasteiger partial charge in [-0.15, -0.1) is 0 Å². The lowest BCUT2D eigenvalue weighted by molar-refractivity contribution is -0.123. The fraction of sp³-hybridized carbons (Fsp3) is 0.388. The van der Waals surface area contributed by atoms with E-state index in [0.717, 1.165) is 70.2 Å². The van der Waals surface area contributed by atoms with Crippen molar-refractivity contribution in [3.05, 3.63) is 203 Å². The molecule has 11 rings (SSSR count). The summed E-state index contributed by atoms with van der Waals surface area (Å²) in [6.45, 7) is 40.4. The predicted octanol–water partition coefficient (Wildman–Crippen LogP) is 23.5. The highest BCUT2D eigenvalue weighted by molar-refractivity contribution is 6.39. The Balaban J connectivity index is 0.000000209. The number of phenolic OH excluding ortho intramolecular Hbond substituents is 4. The Morgan fingerprint density at radius 2 is 1.00 bits per heavy atom. The number of aryl methyl sites for hydroxylation is 7. The van der Waals surface area contributed by atoms with Gasteiger partial charge in [0.1, 0.15) is 34.7 Å². The van der Waals surface area contributed by atoms with Crippen LogP contribution in [0.4, 0.5) is 21.9 Å². The van der Waals surface area contributed by atoms with Crippen molar-refractivity contribution >= 4 is 139 Å². The Kier molecular flexibility index (Phi) is 33.9. The highest BCUT2D eigenvalue weighted by atomic mass is 35.5. The molecule has 113 heavy (non-hydrogen) atoms. The number of fused-ring (bicyclic) bond motifs is 1. The zero-order chi connectivity index (χ0) is 83.7. The average Bonchev–Trinajstić information content (AvgIpc) is 1.59. The van der Waals surface area contributed by atoms with Crippen LogP contribution in [0.25, 0.3) is 21.9 Å². The summed E-state index contributed by atoms with van der Waals surface area (Å²) in [5, 5.41) is 50.7. The van der Waals surface area contributed by atoms with Gasteiger partial charge in [-0.3, -0.25) is 14.7 Å². The minimum atomic E-state index is -0.709. The largest absolute Gasteiger partial charge is 0.506 e. The number of morpholine rings is 1. The number of ether oxygens (including phenoxy) is 5. The molecule has 20 nitrogen and oxygen atoms in total. The molecule has 0 radical (unpaired) electrons. The minimum Gasteiger partial charge on any atom is -0.506 e. The van der Waals surface area contributed by atoms with Gasteiger partial charge >= 0.3 is 12.1 Å². The van der Waals surface area contributed by atoms with Crippen molar-refractivity contribution in [3.8, 4) is 51.8 Å².